The van der Waals surface area contributed by atoms with Crippen molar-refractivity contribution >= 4 is 29.0 Å². The van der Waals surface area contributed by atoms with Crippen molar-refractivity contribution in [2.75, 3.05) is 0 Å². The minimum absolute atomic E-state index is 0. The molecule has 3 nitrogen and oxygen atoms in total. The Labute approximate surface area is 60.5 Å². The van der Waals surface area contributed by atoms with E-state index >= 15 is 0 Å². The topological polar surface area (TPSA) is 68.8 Å². The van der Waals surface area contributed by atoms with Crippen LogP contribution in [0.1, 0.15) is 2.85 Å². The van der Waals surface area contributed by atoms with Gasteiger partial charge in [-0.25, -0.2) is 4.79 Å². The summed E-state index contributed by atoms with van der Waals surface area (Å²) in [5, 5.41) is 7.60. The maximum absolute atomic E-state index is 9.25. The van der Waals surface area contributed by atoms with E-state index in [9.17, 15) is 4.79 Å². The summed E-state index contributed by atoms with van der Waals surface area (Å²) in [4.78, 5) is 9.25. The first-order chi connectivity index (χ1) is 2.27. The molecule has 0 fully saturated rings. The molecule has 3 N–H and O–H groups in total. The third kappa shape index (κ3) is 24.5. The molecule has 0 atom stereocenters. The number of carbonyl (C=O) groups is 1. The van der Waals surface area contributed by atoms with Crippen LogP contribution in [0.5, 0.6) is 0 Å². The summed E-state index contributed by atoms with van der Waals surface area (Å²) in [5.41, 5.74) is 0. The second kappa shape index (κ2) is 9.34. The average Bonchev–Trinajstić information content (AvgIpc) is 1.38. The van der Waals surface area contributed by atoms with E-state index in [0.29, 0.717) is 0 Å². The Morgan fingerprint density at radius 1 is 1.86 bits per heavy atom. The van der Waals surface area contributed by atoms with Gasteiger partial charge in [0.05, 0.1) is 0 Å². The fraction of sp³-hybridized carbons (Fsp3) is 0. The third-order valence-corrected chi connectivity index (χ3v) is 0.175. The fourth-order valence-corrected chi connectivity index (χ4v) is 0. The molecule has 0 aromatic heterocycles. The number of hydrogen-bond acceptors (Lipinski definition) is 1. The van der Waals surface area contributed by atoms with Crippen molar-refractivity contribution in [3.05, 3.63) is 12.7 Å². The number of hydrogen-bond donors (Lipinski definition) is 1. The van der Waals surface area contributed by atoms with Crippen LogP contribution in [-0.2, 0) is 4.79 Å². The Morgan fingerprint density at radius 3 is 2.00 bits per heavy atom. The predicted octanol–water partition coefficient (Wildman–Crippen LogP) is -0.724. The first-order valence-corrected chi connectivity index (χ1v) is 1.12. The van der Waals surface area contributed by atoms with Crippen LogP contribution in [0.15, 0.2) is 12.7 Å². The molecule has 0 heterocycles. The summed E-state index contributed by atoms with van der Waals surface area (Å²) in [6.45, 7) is 2.96. The summed E-state index contributed by atoms with van der Waals surface area (Å²) in [7, 11) is 0. The van der Waals surface area contributed by atoms with Crippen LogP contribution in [0.3, 0.4) is 0 Å². The van der Waals surface area contributed by atoms with E-state index in [0.717, 1.165) is 6.08 Å². The van der Waals surface area contributed by atoms with E-state index in [1.807, 2.05) is 0 Å². The van der Waals surface area contributed by atoms with Gasteiger partial charge in [-0.05, 0) is 0 Å². The Kier molecular flexibility index (Phi) is 21.0. The van der Waals surface area contributed by atoms with Gasteiger partial charge >= 0.3 is 29.0 Å². The molecule has 0 rings (SSSR count). The molecule has 0 aliphatic carbocycles. The zero-order chi connectivity index (χ0) is 4.28. The molecule has 4 heteroatoms. The van der Waals surface area contributed by atoms with Gasteiger partial charge in [0.2, 0.25) is 0 Å². The summed E-state index contributed by atoms with van der Waals surface area (Å²) < 4.78 is 0. The summed E-state index contributed by atoms with van der Waals surface area (Å²) >= 11 is 0. The number of aliphatic carboxylic acids is 1. The van der Waals surface area contributed by atoms with E-state index in [-0.39, 0.29) is 31.4 Å². The van der Waals surface area contributed by atoms with Crippen molar-refractivity contribution in [2.24, 2.45) is 0 Å². The quantitative estimate of drug-likeness (QED) is 0.363. The standard InChI is InChI=1S/C3H4O2.Mg.H2O.2H/c1-2-3(4)5;;;;/h2H,1H2,(H,4,5);;1H2;;/q;+2;;2*-1. The van der Waals surface area contributed by atoms with Gasteiger partial charge in [-0.15, -0.1) is 0 Å². The van der Waals surface area contributed by atoms with E-state index in [4.69, 9.17) is 5.11 Å². The van der Waals surface area contributed by atoms with E-state index < -0.39 is 5.97 Å². The van der Waals surface area contributed by atoms with E-state index in [1.165, 1.54) is 0 Å². The summed E-state index contributed by atoms with van der Waals surface area (Å²) in [5.74, 6) is -0.981. The van der Waals surface area contributed by atoms with Gasteiger partial charge in [-0.2, -0.15) is 0 Å². The van der Waals surface area contributed by atoms with Gasteiger partial charge in [-0.3, -0.25) is 0 Å². The molecule has 0 aliphatic rings. The summed E-state index contributed by atoms with van der Waals surface area (Å²) in [6.07, 6.45) is 0.833. The van der Waals surface area contributed by atoms with Gasteiger partial charge in [0.15, 0.2) is 0 Å². The first kappa shape index (κ1) is 15.8. The predicted molar refractivity (Wildman–Crippen MR) is 29.4 cm³/mol. The molecular weight excluding hydrogens is 108 g/mol. The maximum Gasteiger partial charge on any atom is 2.00 e. The van der Waals surface area contributed by atoms with Crippen LogP contribution < -0.4 is 0 Å². The largest absolute Gasteiger partial charge is 2.00 e. The smallest absolute Gasteiger partial charge is 1.00 e. The first-order valence-electron chi connectivity index (χ1n) is 1.12. The molecule has 7 heavy (non-hydrogen) atoms. The van der Waals surface area contributed by atoms with Crippen molar-refractivity contribution in [3.63, 3.8) is 0 Å². The molecule has 0 radical (unpaired) electrons. The van der Waals surface area contributed by atoms with Gasteiger partial charge < -0.3 is 13.4 Å². The Hall–Kier alpha value is -0.0638. The molecular formula is C3H8MgO3. The average molecular weight is 116 g/mol. The van der Waals surface area contributed by atoms with Crippen LogP contribution in [0.25, 0.3) is 0 Å². The monoisotopic (exact) mass is 116 g/mol. The Bertz CT molecular complexity index is 68.1. The molecule has 0 unspecified atom stereocenters. The van der Waals surface area contributed by atoms with Gasteiger partial charge in [0.25, 0.3) is 0 Å². The SMILES string of the molecule is C=CC(=O)O.O.[H-].[H-].[Mg+2]. The Balaban J connectivity index is -0.0000000133. The van der Waals surface area contributed by atoms with Crippen LogP contribution in [0, 0.1) is 0 Å². The third-order valence-electron chi connectivity index (χ3n) is 0.175. The zero-order valence-electron chi connectivity index (χ0n) is 5.85. The summed E-state index contributed by atoms with van der Waals surface area (Å²) in [6, 6.07) is 0. The van der Waals surface area contributed by atoms with Crippen LogP contribution in [0.4, 0.5) is 0 Å². The number of rotatable bonds is 1. The minimum atomic E-state index is -0.981. The second-order valence-electron chi connectivity index (χ2n) is 0.542. The fourth-order valence-electron chi connectivity index (χ4n) is 0. The van der Waals surface area contributed by atoms with Crippen LogP contribution in [-0.4, -0.2) is 39.6 Å². The molecule has 0 aromatic rings. The molecule has 0 amide bonds. The minimum Gasteiger partial charge on any atom is -1.00 e. The second-order valence-corrected chi connectivity index (χ2v) is 0.542. The van der Waals surface area contributed by atoms with Gasteiger partial charge in [-0.1, -0.05) is 6.58 Å². The van der Waals surface area contributed by atoms with E-state index in [1.54, 1.807) is 0 Å². The van der Waals surface area contributed by atoms with Gasteiger partial charge in [0, 0.05) is 6.08 Å². The molecule has 0 spiro atoms. The molecule has 0 saturated carbocycles. The van der Waals surface area contributed by atoms with Crippen molar-refractivity contribution < 1.29 is 18.2 Å². The number of carboxylic acid groups (broad SMARTS) is 1. The molecule has 0 bridgehead atoms. The Morgan fingerprint density at radius 2 is 2.00 bits per heavy atom. The van der Waals surface area contributed by atoms with Crippen molar-refractivity contribution in [3.8, 4) is 0 Å². The molecule has 0 aromatic carbocycles. The van der Waals surface area contributed by atoms with Crippen LogP contribution in [0.2, 0.25) is 0 Å². The molecule has 0 aliphatic heterocycles. The normalized spacial score (nSPS) is 4.57. The van der Waals surface area contributed by atoms with Gasteiger partial charge in [0.1, 0.15) is 0 Å². The van der Waals surface area contributed by atoms with Crippen molar-refractivity contribution in [1.29, 1.82) is 0 Å². The molecule has 0 saturated heterocycles. The number of carboxylic acids is 1. The van der Waals surface area contributed by atoms with Crippen molar-refractivity contribution in [1.82, 2.24) is 0 Å². The zero-order valence-corrected chi connectivity index (χ0v) is 5.26. The van der Waals surface area contributed by atoms with Crippen LogP contribution >= 0.6 is 0 Å². The molecule has 40 valence electrons. The van der Waals surface area contributed by atoms with E-state index in [2.05, 4.69) is 6.58 Å². The maximum atomic E-state index is 9.25. The van der Waals surface area contributed by atoms with Crippen molar-refractivity contribution in [2.45, 2.75) is 0 Å².